The van der Waals surface area contributed by atoms with Crippen molar-refractivity contribution in [2.75, 3.05) is 57.1 Å². The number of carbonyl (C=O) groups excluding carboxylic acids is 2. The van der Waals surface area contributed by atoms with Crippen LogP contribution in [0.2, 0.25) is 0 Å². The number of aromatic nitrogens is 2. The average Bonchev–Trinajstić information content (AvgIpc) is 3.58. The van der Waals surface area contributed by atoms with Gasteiger partial charge in [0.2, 0.25) is 11.7 Å². The van der Waals surface area contributed by atoms with Crippen molar-refractivity contribution in [3.63, 3.8) is 0 Å². The highest BCUT2D eigenvalue weighted by atomic mass is 19.4. The van der Waals surface area contributed by atoms with Gasteiger partial charge < -0.3 is 24.7 Å². The number of piperidine rings is 1. The Hall–Kier alpha value is -4.25. The number of nitriles is 1. The first-order valence-electron chi connectivity index (χ1n) is 17.9. The maximum absolute atomic E-state index is 14.0. The number of rotatable bonds is 17. The Morgan fingerprint density at radius 3 is 2.31 bits per heavy atom. The predicted molar refractivity (Wildman–Crippen MR) is 187 cm³/mol. The van der Waals surface area contributed by atoms with E-state index in [0.29, 0.717) is 74.6 Å². The third kappa shape index (κ3) is 12.2. The number of hydrogen-bond donors (Lipinski definition) is 2. The highest BCUT2D eigenvalue weighted by Gasteiger charge is 2.38. The zero-order valence-corrected chi connectivity index (χ0v) is 29.9. The number of alkyl halides is 3. The minimum atomic E-state index is -4.75. The number of ketones is 1. The zero-order valence-electron chi connectivity index (χ0n) is 29.9. The second-order valence-electron chi connectivity index (χ2n) is 14.8. The Labute approximate surface area is 298 Å². The molecule has 51 heavy (non-hydrogen) atoms. The van der Waals surface area contributed by atoms with Gasteiger partial charge in [0.15, 0.2) is 5.78 Å². The number of Topliss-reactive ketones (excluding diaryl/α,β-unsaturated/α-hetero) is 1. The van der Waals surface area contributed by atoms with Crippen LogP contribution in [0.4, 0.5) is 24.8 Å². The van der Waals surface area contributed by atoms with Crippen LogP contribution in [0.15, 0.2) is 30.3 Å². The lowest BCUT2D eigenvalue weighted by Crippen LogP contribution is -2.42. The van der Waals surface area contributed by atoms with E-state index < -0.39 is 30.1 Å². The molecule has 2 atom stereocenters. The van der Waals surface area contributed by atoms with Gasteiger partial charge in [-0.25, -0.2) is 14.8 Å². The molecule has 2 saturated heterocycles. The number of carbonyl (C=O) groups is 3. The summed E-state index contributed by atoms with van der Waals surface area (Å²) in [6.45, 7) is 2.22. The Bertz CT molecular complexity index is 1530. The lowest BCUT2D eigenvalue weighted by molar-refractivity contribution is -0.870. The number of nitrogens with zero attached hydrogens (tertiary/aromatic N) is 6. The maximum Gasteiger partial charge on any atom is 0.451 e. The van der Waals surface area contributed by atoms with Gasteiger partial charge in [0, 0.05) is 38.5 Å². The second-order valence-corrected chi connectivity index (χ2v) is 14.8. The Balaban J connectivity index is 1.30. The smallest absolute Gasteiger partial charge is 0.451 e. The topological polar surface area (TPSA) is 140 Å². The number of aliphatic carboxylic acids is 1. The predicted octanol–water partition coefficient (Wildman–Crippen LogP) is 5.37. The van der Waals surface area contributed by atoms with E-state index in [0.717, 1.165) is 31.4 Å². The molecule has 0 spiro atoms. The van der Waals surface area contributed by atoms with E-state index in [1.165, 1.54) is 0 Å². The van der Waals surface area contributed by atoms with Gasteiger partial charge in [-0.1, -0.05) is 12.1 Å². The van der Waals surface area contributed by atoms with E-state index in [1.54, 1.807) is 23.1 Å². The summed E-state index contributed by atoms with van der Waals surface area (Å²) in [5.41, 5.74) is 1.58. The standard InChI is InChI=1S/C37H50F3N7O4/c1-47(2,3)23-7-10-29(35(50)51)42-34(49)13-5-9-27-18-21-45(22-19-27)32-24-33(44-36(43-32)37(38,39)40)46-20-6-11-30(46)31(48)12-4-8-26-14-16-28(25-41)17-15-26/h14-17,24,27,29-30H,4-13,18-23H2,1-3H3,(H-,42,49,50,51)/p+1/t29-,30-/m0/s1. The summed E-state index contributed by atoms with van der Waals surface area (Å²) in [6, 6.07) is 9.39. The quantitative estimate of drug-likeness (QED) is 0.207. The Morgan fingerprint density at radius 1 is 1.00 bits per heavy atom. The Kier molecular flexibility index (Phi) is 13.8. The molecular formula is C37H51F3N7O4+. The molecule has 2 N–H and O–H groups in total. The molecule has 2 aliphatic heterocycles. The van der Waals surface area contributed by atoms with Crippen molar-refractivity contribution < 1.29 is 37.1 Å². The molecule has 0 aliphatic carbocycles. The van der Waals surface area contributed by atoms with Gasteiger partial charge in [-0.3, -0.25) is 9.59 Å². The first-order chi connectivity index (χ1) is 24.1. The van der Waals surface area contributed by atoms with Crippen LogP contribution in [0, 0.1) is 17.2 Å². The summed E-state index contributed by atoms with van der Waals surface area (Å²) in [5, 5.41) is 21.2. The summed E-state index contributed by atoms with van der Waals surface area (Å²) in [5.74, 6) is -2.00. The number of carboxylic acid groups (broad SMARTS) is 1. The average molecular weight is 715 g/mol. The van der Waals surface area contributed by atoms with Gasteiger partial charge in [-0.2, -0.15) is 18.4 Å². The number of aryl methyl sites for hydroxylation is 1. The number of amides is 1. The second kappa shape index (κ2) is 17.8. The van der Waals surface area contributed by atoms with Crippen LogP contribution in [0.1, 0.15) is 87.6 Å². The molecule has 1 aromatic heterocycles. The fraction of sp³-hybridized carbons (Fsp3) is 0.622. The molecule has 0 saturated carbocycles. The first-order valence-corrected chi connectivity index (χ1v) is 17.9. The lowest BCUT2D eigenvalue weighted by atomic mass is 9.91. The van der Waals surface area contributed by atoms with E-state index in [9.17, 15) is 32.7 Å². The summed E-state index contributed by atoms with van der Waals surface area (Å²) in [7, 11) is 6.09. The summed E-state index contributed by atoms with van der Waals surface area (Å²) in [4.78, 5) is 48.8. The molecule has 0 bridgehead atoms. The van der Waals surface area contributed by atoms with Gasteiger partial charge in [0.05, 0.1) is 45.4 Å². The number of nitrogens with one attached hydrogen (secondary N) is 1. The molecule has 14 heteroatoms. The monoisotopic (exact) mass is 714 g/mol. The van der Waals surface area contributed by atoms with E-state index in [2.05, 4.69) is 21.4 Å². The molecule has 0 radical (unpaired) electrons. The largest absolute Gasteiger partial charge is 0.480 e. The van der Waals surface area contributed by atoms with Gasteiger partial charge in [0.25, 0.3) is 0 Å². The third-order valence-electron chi connectivity index (χ3n) is 9.75. The van der Waals surface area contributed by atoms with Crippen molar-refractivity contribution in [1.82, 2.24) is 15.3 Å². The minimum absolute atomic E-state index is 0.0253. The van der Waals surface area contributed by atoms with Crippen molar-refractivity contribution in [3.05, 3.63) is 47.3 Å². The minimum Gasteiger partial charge on any atom is -0.480 e. The summed E-state index contributed by atoms with van der Waals surface area (Å²) in [6.07, 6.45) is 2.05. The molecule has 1 amide bonds. The number of anilines is 2. The van der Waals surface area contributed by atoms with E-state index >= 15 is 0 Å². The van der Waals surface area contributed by atoms with Crippen LogP contribution in [-0.2, 0) is 27.0 Å². The molecule has 2 aromatic rings. The number of quaternary nitrogens is 1. The molecule has 11 nitrogen and oxygen atoms in total. The van der Waals surface area contributed by atoms with Crippen molar-refractivity contribution in [1.29, 1.82) is 5.26 Å². The number of hydrogen-bond acceptors (Lipinski definition) is 8. The zero-order chi connectivity index (χ0) is 37.2. The molecule has 3 heterocycles. The summed E-state index contributed by atoms with van der Waals surface area (Å²) < 4.78 is 42.8. The summed E-state index contributed by atoms with van der Waals surface area (Å²) >= 11 is 0. The van der Waals surface area contributed by atoms with Crippen molar-refractivity contribution >= 4 is 29.3 Å². The van der Waals surface area contributed by atoms with Gasteiger partial charge in [-0.15, -0.1) is 0 Å². The van der Waals surface area contributed by atoms with Crippen molar-refractivity contribution in [3.8, 4) is 6.07 Å². The number of carboxylic acids is 1. The van der Waals surface area contributed by atoms with Crippen LogP contribution in [-0.4, -0.2) is 96.6 Å². The SMILES string of the molecule is C[N+](C)(C)CCC[C@H](NC(=O)CCCC1CCN(c2cc(N3CCC[C@H]3C(=O)CCCc3ccc(C#N)cc3)nc(C(F)(F)F)n2)CC1)C(=O)O. The highest BCUT2D eigenvalue weighted by Crippen LogP contribution is 2.35. The van der Waals surface area contributed by atoms with E-state index in [1.807, 2.05) is 38.2 Å². The van der Waals surface area contributed by atoms with Gasteiger partial charge in [-0.05, 0) is 87.8 Å². The number of halogens is 3. The lowest BCUT2D eigenvalue weighted by Gasteiger charge is -2.34. The van der Waals surface area contributed by atoms with E-state index in [4.69, 9.17) is 5.26 Å². The molecule has 4 rings (SSSR count). The highest BCUT2D eigenvalue weighted by molar-refractivity contribution is 5.87. The first kappa shape index (κ1) is 39.5. The van der Waals surface area contributed by atoms with Crippen molar-refractivity contribution in [2.24, 2.45) is 5.92 Å². The number of benzene rings is 1. The Morgan fingerprint density at radius 2 is 1.69 bits per heavy atom. The molecule has 278 valence electrons. The fourth-order valence-electron chi connectivity index (χ4n) is 6.91. The van der Waals surface area contributed by atoms with Gasteiger partial charge >= 0.3 is 12.1 Å². The van der Waals surface area contributed by atoms with Gasteiger partial charge in [0.1, 0.15) is 17.7 Å². The third-order valence-corrected chi connectivity index (χ3v) is 9.75. The van der Waals surface area contributed by atoms with E-state index in [-0.39, 0.29) is 42.1 Å². The molecule has 2 aliphatic rings. The van der Waals surface area contributed by atoms with Crippen LogP contribution in [0.25, 0.3) is 0 Å². The normalized spacial score (nSPS) is 17.6. The van der Waals surface area contributed by atoms with Crippen LogP contribution in [0.5, 0.6) is 0 Å². The van der Waals surface area contributed by atoms with Crippen LogP contribution >= 0.6 is 0 Å². The van der Waals surface area contributed by atoms with Crippen molar-refractivity contribution in [2.45, 2.75) is 95.3 Å². The molecule has 0 unspecified atom stereocenters. The molecular weight excluding hydrogens is 663 g/mol. The van der Waals surface area contributed by atoms with Crippen LogP contribution < -0.4 is 15.1 Å². The fourth-order valence-corrected chi connectivity index (χ4v) is 6.91. The molecule has 2 fully saturated rings. The molecule has 1 aromatic carbocycles. The van der Waals surface area contributed by atoms with Crippen LogP contribution in [0.3, 0.4) is 0 Å². The maximum atomic E-state index is 14.0.